The van der Waals surface area contributed by atoms with Crippen molar-refractivity contribution in [2.24, 2.45) is 52.3 Å². The molecule has 484 valence electrons. The third kappa shape index (κ3) is 24.2. The van der Waals surface area contributed by atoms with Crippen molar-refractivity contribution in [2.45, 2.75) is 271 Å². The molecule has 1 aliphatic heterocycles. The van der Waals surface area contributed by atoms with Crippen LogP contribution < -0.4 is 10.6 Å². The molecule has 0 aromatic carbocycles. The highest BCUT2D eigenvalue weighted by atomic mass is 16.5. The number of likely N-dealkylation sites (tertiary alicyclic amines) is 1. The molecule has 5 fully saturated rings. The van der Waals surface area contributed by atoms with Gasteiger partial charge in [0, 0.05) is 70.6 Å². The van der Waals surface area contributed by atoms with Crippen molar-refractivity contribution in [3.8, 4) is 0 Å². The van der Waals surface area contributed by atoms with E-state index in [1.807, 2.05) is 6.92 Å². The first kappa shape index (κ1) is 71.8. The molecular formula is C70H124N4O10. The Morgan fingerprint density at radius 3 is 1.95 bits per heavy atom. The summed E-state index contributed by atoms with van der Waals surface area (Å²) < 4.78 is 16.5. The molecule has 11 atom stereocenters. The summed E-state index contributed by atoms with van der Waals surface area (Å²) in [6, 6.07) is 0.0801. The molecule has 14 heteroatoms. The second-order valence-electron chi connectivity index (χ2n) is 27.5. The van der Waals surface area contributed by atoms with Crippen LogP contribution >= 0.6 is 0 Å². The van der Waals surface area contributed by atoms with E-state index >= 15 is 0 Å². The van der Waals surface area contributed by atoms with Crippen LogP contribution in [0.15, 0.2) is 12.2 Å². The maximum absolute atomic E-state index is 14.2. The summed E-state index contributed by atoms with van der Waals surface area (Å²) in [5, 5.41) is 25.9. The Kier molecular flexibility index (Phi) is 34.7. The molecule has 4 amide bonds. The number of amides is 4. The van der Waals surface area contributed by atoms with Gasteiger partial charge < -0.3 is 44.9 Å². The number of fused-ring (bicyclic) bond motifs is 5. The van der Waals surface area contributed by atoms with Gasteiger partial charge in [-0.25, -0.2) is 0 Å². The number of ketones is 1. The van der Waals surface area contributed by atoms with Crippen LogP contribution in [0.5, 0.6) is 0 Å². The number of unbranched alkanes of at least 4 members (excludes halogenated alkanes) is 16. The van der Waals surface area contributed by atoms with Gasteiger partial charge in [0.25, 0.3) is 0 Å². The van der Waals surface area contributed by atoms with Gasteiger partial charge in [0.1, 0.15) is 0 Å². The molecule has 1 heterocycles. The maximum Gasteiger partial charge on any atom is 0.239 e. The highest BCUT2D eigenvalue weighted by Crippen LogP contribution is 2.68. The zero-order valence-electron chi connectivity index (χ0n) is 54.1. The van der Waals surface area contributed by atoms with Gasteiger partial charge in [-0.05, 0) is 188 Å². The minimum absolute atomic E-state index is 0.00440. The van der Waals surface area contributed by atoms with Crippen LogP contribution in [0, 0.1) is 52.3 Å². The third-order valence-corrected chi connectivity index (χ3v) is 21.4. The van der Waals surface area contributed by atoms with Crippen LogP contribution in [0.2, 0.25) is 0 Å². The summed E-state index contributed by atoms with van der Waals surface area (Å²) in [5.74, 6) is 3.60. The average molecular weight is 1180 g/mol. The smallest absolute Gasteiger partial charge is 0.239 e. The zero-order valence-corrected chi connectivity index (χ0v) is 54.1. The van der Waals surface area contributed by atoms with Gasteiger partial charge in [0.2, 0.25) is 23.6 Å². The Labute approximate surface area is 511 Å². The number of carbonyl (C=O) groups excluding carboxylic acids is 5. The number of hydrogen-bond acceptors (Lipinski definition) is 10. The van der Waals surface area contributed by atoms with Crippen LogP contribution in [0.25, 0.3) is 0 Å². The Morgan fingerprint density at radius 2 is 1.25 bits per heavy atom. The minimum Gasteiger partial charge on any atom is -0.396 e. The van der Waals surface area contributed by atoms with Crippen molar-refractivity contribution in [3.05, 3.63) is 12.2 Å². The first-order valence-electron chi connectivity index (χ1n) is 35.0. The quantitative estimate of drug-likeness (QED) is 0.0338. The normalized spacial score (nSPS) is 26.9. The average Bonchev–Trinajstić information content (AvgIpc) is 2.45. The van der Waals surface area contributed by atoms with Gasteiger partial charge in [0.05, 0.1) is 52.2 Å². The Bertz CT molecular complexity index is 1900. The van der Waals surface area contributed by atoms with Gasteiger partial charge in [-0.15, -0.1) is 0 Å². The molecule has 0 aromatic heterocycles. The summed E-state index contributed by atoms with van der Waals surface area (Å²) in [6.45, 7) is 16.0. The van der Waals surface area contributed by atoms with Crippen LogP contribution in [0.1, 0.15) is 259 Å². The summed E-state index contributed by atoms with van der Waals surface area (Å²) in [6.07, 6.45) is 40.7. The lowest BCUT2D eigenvalue weighted by Crippen LogP contribution is -2.55. The summed E-state index contributed by atoms with van der Waals surface area (Å²) in [5.41, 5.74) is 0.576. The van der Waals surface area contributed by atoms with Crippen molar-refractivity contribution in [2.75, 3.05) is 79.0 Å². The van der Waals surface area contributed by atoms with Crippen LogP contribution in [0.3, 0.4) is 0 Å². The van der Waals surface area contributed by atoms with E-state index in [1.54, 1.807) is 4.90 Å². The lowest BCUT2D eigenvalue weighted by Gasteiger charge is -2.61. The van der Waals surface area contributed by atoms with Gasteiger partial charge in [-0.2, -0.15) is 0 Å². The summed E-state index contributed by atoms with van der Waals surface area (Å²) in [7, 11) is 0. The monoisotopic (exact) mass is 1180 g/mol. The molecule has 0 bridgehead atoms. The predicted octanol–water partition coefficient (Wildman–Crippen LogP) is 12.9. The molecule has 5 rings (SSSR count). The minimum atomic E-state index is -0.241. The second kappa shape index (κ2) is 40.6. The molecule has 5 unspecified atom stereocenters. The molecule has 14 nitrogen and oxygen atoms in total. The van der Waals surface area contributed by atoms with Gasteiger partial charge in [-0.3, -0.25) is 24.0 Å². The van der Waals surface area contributed by atoms with Gasteiger partial charge >= 0.3 is 0 Å². The molecular weight excluding hydrogens is 1060 g/mol. The molecule has 0 aromatic rings. The number of hydrogen-bond donors (Lipinski definition) is 4. The molecule has 4 saturated carbocycles. The van der Waals surface area contributed by atoms with E-state index in [9.17, 15) is 34.2 Å². The van der Waals surface area contributed by atoms with Crippen LogP contribution in [0.4, 0.5) is 0 Å². The lowest BCUT2D eigenvalue weighted by molar-refractivity contribution is -0.139. The van der Waals surface area contributed by atoms with E-state index in [-0.39, 0.29) is 73.1 Å². The first-order valence-corrected chi connectivity index (χ1v) is 35.0. The Morgan fingerprint density at radius 1 is 0.619 bits per heavy atom. The van der Waals surface area contributed by atoms with Crippen molar-refractivity contribution < 1.29 is 48.4 Å². The van der Waals surface area contributed by atoms with E-state index in [4.69, 9.17) is 14.2 Å². The number of rotatable bonds is 46. The van der Waals surface area contributed by atoms with E-state index in [0.29, 0.717) is 133 Å². The third-order valence-electron chi connectivity index (χ3n) is 21.4. The van der Waals surface area contributed by atoms with Crippen LogP contribution in [-0.2, 0) is 38.2 Å². The number of ether oxygens (including phenoxy) is 3. The van der Waals surface area contributed by atoms with Crippen molar-refractivity contribution in [1.82, 2.24) is 20.4 Å². The fourth-order valence-corrected chi connectivity index (χ4v) is 16.5. The van der Waals surface area contributed by atoms with Crippen molar-refractivity contribution in [3.63, 3.8) is 0 Å². The number of Topliss-reactive ketones (excluding diaryl/α,β-unsaturated/α-hetero) is 1. The first-order chi connectivity index (χ1) is 40.8. The number of allylic oxidation sites excluding steroid dienone is 2. The lowest BCUT2D eigenvalue weighted by atomic mass is 9.44. The highest BCUT2D eigenvalue weighted by Gasteiger charge is 2.60. The van der Waals surface area contributed by atoms with Gasteiger partial charge in [0.15, 0.2) is 5.78 Å². The topological polar surface area (TPSA) is 184 Å². The predicted molar refractivity (Wildman–Crippen MR) is 337 cm³/mol. The Hall–Kier alpha value is -2.91. The van der Waals surface area contributed by atoms with E-state index in [2.05, 4.69) is 50.5 Å². The largest absolute Gasteiger partial charge is 0.396 e. The second-order valence-corrected chi connectivity index (χ2v) is 27.5. The zero-order chi connectivity index (χ0) is 60.4. The fraction of sp³-hybridized carbons (Fsp3) is 0.900. The van der Waals surface area contributed by atoms with Crippen molar-refractivity contribution in [1.29, 1.82) is 0 Å². The van der Waals surface area contributed by atoms with Crippen molar-refractivity contribution >= 4 is 29.4 Å². The molecule has 4 N–H and O–H groups in total. The van der Waals surface area contributed by atoms with E-state index < -0.39 is 0 Å². The summed E-state index contributed by atoms with van der Waals surface area (Å²) >= 11 is 0. The number of carbonyl (C=O) groups is 5. The standard InChI is InChI=1S/C70H124N4O10/c1-6-8-9-10-11-12-13-14-15-16-17-18-19-20-25-30-65(78)72-58-38-40-69(4)57(49-58)33-34-61-63-36-35-62(70(63,5)41-39-64(61)69)55(3)32-37-67(80)73(52-66(79)71-42-27-23-28-43-83-46-47-84-45-44-82-7-2)51-60(77)29-24-21-22-26-31-68(81)74-50-56(53-75)48-59(74)54-76/h14-15,55-59,61-64,75-76H,6-13,16-54H2,1-5H3,(H,71,79)(H,72,78)/b15-14-/t55-,56-,57?,58+,59?,61?,62-,63?,64?,69+,70-/m1/s1. The maximum atomic E-state index is 14.2. The molecule has 1 saturated heterocycles. The fourth-order valence-electron chi connectivity index (χ4n) is 16.5. The van der Waals surface area contributed by atoms with Crippen LogP contribution in [-0.4, -0.2) is 141 Å². The molecule has 4 aliphatic carbocycles. The van der Waals surface area contributed by atoms with E-state index in [1.165, 1.54) is 120 Å². The summed E-state index contributed by atoms with van der Waals surface area (Å²) in [4.78, 5) is 70.5. The molecule has 84 heavy (non-hydrogen) atoms. The van der Waals surface area contributed by atoms with Gasteiger partial charge in [-0.1, -0.05) is 104 Å². The highest BCUT2D eigenvalue weighted by molar-refractivity contribution is 5.89. The molecule has 5 aliphatic rings. The number of nitrogens with zero attached hydrogens (tertiary/aromatic N) is 2. The SMILES string of the molecule is CCCCCCCC/C=C\CCCCCCCC(=O)N[C@H]1CC[C@@]2(C)C(CCC3C2CC[C@@]2(C)C3CC[C@@H]2[C@H](C)CCC(=O)N(CC(=O)CCCCCCC(=O)N2C[C@H](CO)CC2CO)CC(=O)NCCCCCOCCOCCOCC)C1. The number of aliphatic hydroxyl groups is 2. The number of nitrogens with one attached hydrogen (secondary N) is 2. The molecule has 0 radical (unpaired) electrons. The Balaban J connectivity index is 1.02. The molecule has 0 spiro atoms. The number of aliphatic hydroxyl groups excluding tert-OH is 2. The van der Waals surface area contributed by atoms with E-state index in [0.717, 1.165) is 76.0 Å².